The SMILES string of the molecule is CCOC(=O)/C(=C/c1ccc(OC)c(C(=O)OCc2ccccc2)c1)CC. The first-order chi connectivity index (χ1) is 13.1. The highest BCUT2D eigenvalue weighted by atomic mass is 16.5. The molecule has 0 fully saturated rings. The average Bonchev–Trinajstić information content (AvgIpc) is 2.71. The molecule has 0 saturated carbocycles. The Labute approximate surface area is 159 Å². The van der Waals surface area contributed by atoms with Gasteiger partial charge in [-0.3, -0.25) is 0 Å². The number of ether oxygens (including phenoxy) is 3. The number of benzene rings is 2. The maximum Gasteiger partial charge on any atom is 0.342 e. The Balaban J connectivity index is 2.23. The lowest BCUT2D eigenvalue weighted by Gasteiger charge is -2.11. The summed E-state index contributed by atoms with van der Waals surface area (Å²) in [6, 6.07) is 14.6. The van der Waals surface area contributed by atoms with Crippen LogP contribution < -0.4 is 4.74 Å². The highest BCUT2D eigenvalue weighted by Crippen LogP contribution is 2.23. The molecule has 0 radical (unpaired) electrons. The minimum absolute atomic E-state index is 0.173. The molecule has 0 saturated heterocycles. The molecule has 2 rings (SSSR count). The van der Waals surface area contributed by atoms with Gasteiger partial charge in [0.2, 0.25) is 0 Å². The Morgan fingerprint density at radius 2 is 1.74 bits per heavy atom. The number of carbonyl (C=O) groups excluding carboxylic acids is 2. The standard InChI is InChI=1S/C22H24O5/c1-4-18(21(23)26-5-2)13-17-11-12-20(25-3)19(14-17)22(24)27-15-16-9-7-6-8-10-16/h6-14H,4-5,15H2,1-3H3/b18-13+. The van der Waals surface area contributed by atoms with Crippen molar-refractivity contribution in [3.63, 3.8) is 0 Å². The molecule has 0 aliphatic carbocycles. The lowest BCUT2D eigenvalue weighted by molar-refractivity contribution is -0.138. The molecule has 0 aromatic heterocycles. The fourth-order valence-electron chi connectivity index (χ4n) is 2.51. The van der Waals surface area contributed by atoms with E-state index in [9.17, 15) is 9.59 Å². The fraction of sp³-hybridized carbons (Fsp3) is 0.273. The van der Waals surface area contributed by atoms with E-state index in [1.807, 2.05) is 37.3 Å². The van der Waals surface area contributed by atoms with Gasteiger partial charge in [-0.25, -0.2) is 9.59 Å². The minimum atomic E-state index is -0.486. The maximum atomic E-state index is 12.5. The molecule has 142 valence electrons. The predicted octanol–water partition coefficient (Wildman–Crippen LogP) is 4.41. The molecular weight excluding hydrogens is 344 g/mol. The second-order valence-corrected chi connectivity index (χ2v) is 5.77. The molecule has 5 nitrogen and oxygen atoms in total. The van der Waals surface area contributed by atoms with Crippen molar-refractivity contribution < 1.29 is 23.8 Å². The molecule has 0 atom stereocenters. The van der Waals surface area contributed by atoms with Crippen molar-refractivity contribution in [1.82, 2.24) is 0 Å². The van der Waals surface area contributed by atoms with Crippen LogP contribution in [0.5, 0.6) is 5.75 Å². The molecule has 0 N–H and O–H groups in total. The first-order valence-corrected chi connectivity index (χ1v) is 8.85. The Kier molecular flexibility index (Phi) is 7.62. The molecule has 0 bridgehead atoms. The van der Waals surface area contributed by atoms with Gasteiger partial charge >= 0.3 is 11.9 Å². The van der Waals surface area contributed by atoms with E-state index in [1.54, 1.807) is 31.2 Å². The van der Waals surface area contributed by atoms with E-state index >= 15 is 0 Å². The molecule has 0 aliphatic rings. The van der Waals surface area contributed by atoms with Gasteiger partial charge in [0.25, 0.3) is 0 Å². The van der Waals surface area contributed by atoms with Gasteiger partial charge in [0, 0.05) is 5.57 Å². The number of esters is 2. The van der Waals surface area contributed by atoms with Crippen LogP contribution in [0, 0.1) is 0 Å². The predicted molar refractivity (Wildman–Crippen MR) is 103 cm³/mol. The Hall–Kier alpha value is -3.08. The largest absolute Gasteiger partial charge is 0.496 e. The Bertz CT molecular complexity index is 809. The fourth-order valence-corrected chi connectivity index (χ4v) is 2.51. The van der Waals surface area contributed by atoms with Gasteiger partial charge in [-0.05, 0) is 42.7 Å². The van der Waals surface area contributed by atoms with Crippen molar-refractivity contribution in [2.75, 3.05) is 13.7 Å². The van der Waals surface area contributed by atoms with Crippen LogP contribution in [0.1, 0.15) is 41.8 Å². The zero-order valence-corrected chi connectivity index (χ0v) is 15.9. The van der Waals surface area contributed by atoms with Crippen molar-refractivity contribution in [3.05, 3.63) is 70.8 Å². The summed E-state index contributed by atoms with van der Waals surface area (Å²) < 4.78 is 15.7. The van der Waals surface area contributed by atoms with Gasteiger partial charge in [-0.2, -0.15) is 0 Å². The number of hydrogen-bond donors (Lipinski definition) is 0. The summed E-state index contributed by atoms with van der Waals surface area (Å²) in [5.41, 5.74) is 2.44. The highest BCUT2D eigenvalue weighted by molar-refractivity contribution is 5.96. The van der Waals surface area contributed by atoms with Gasteiger partial charge in [-0.15, -0.1) is 0 Å². The summed E-state index contributed by atoms with van der Waals surface area (Å²) in [5, 5.41) is 0. The van der Waals surface area contributed by atoms with Crippen LogP contribution >= 0.6 is 0 Å². The van der Waals surface area contributed by atoms with Gasteiger partial charge in [0.1, 0.15) is 17.9 Å². The van der Waals surface area contributed by atoms with Crippen molar-refractivity contribution in [1.29, 1.82) is 0 Å². The third-order valence-corrected chi connectivity index (χ3v) is 3.92. The zero-order chi connectivity index (χ0) is 19.6. The molecule has 0 unspecified atom stereocenters. The van der Waals surface area contributed by atoms with Crippen LogP contribution in [-0.2, 0) is 20.9 Å². The van der Waals surface area contributed by atoms with Crippen molar-refractivity contribution in [3.8, 4) is 5.75 Å². The molecule has 0 aliphatic heterocycles. The van der Waals surface area contributed by atoms with Crippen LogP contribution in [0.15, 0.2) is 54.1 Å². The first-order valence-electron chi connectivity index (χ1n) is 8.85. The van der Waals surface area contributed by atoms with Crippen LogP contribution in [0.2, 0.25) is 0 Å². The minimum Gasteiger partial charge on any atom is -0.496 e. The normalized spacial score (nSPS) is 11.0. The van der Waals surface area contributed by atoms with E-state index in [1.165, 1.54) is 7.11 Å². The maximum absolute atomic E-state index is 12.5. The topological polar surface area (TPSA) is 61.8 Å². The van der Waals surface area contributed by atoms with E-state index in [4.69, 9.17) is 14.2 Å². The van der Waals surface area contributed by atoms with Crippen LogP contribution in [0.25, 0.3) is 6.08 Å². The molecule has 2 aromatic rings. The lowest BCUT2D eigenvalue weighted by atomic mass is 10.1. The monoisotopic (exact) mass is 368 g/mol. The average molecular weight is 368 g/mol. The Morgan fingerprint density at radius 1 is 1.00 bits per heavy atom. The molecule has 0 amide bonds. The van der Waals surface area contributed by atoms with Crippen LogP contribution in [0.4, 0.5) is 0 Å². The van der Waals surface area contributed by atoms with E-state index in [2.05, 4.69) is 0 Å². The molecule has 0 spiro atoms. The molecule has 27 heavy (non-hydrogen) atoms. The smallest absolute Gasteiger partial charge is 0.342 e. The number of rotatable bonds is 8. The zero-order valence-electron chi connectivity index (χ0n) is 15.9. The third-order valence-electron chi connectivity index (χ3n) is 3.92. The van der Waals surface area contributed by atoms with E-state index < -0.39 is 5.97 Å². The summed E-state index contributed by atoms with van der Waals surface area (Å²) in [5.74, 6) is -0.427. The summed E-state index contributed by atoms with van der Waals surface area (Å²) in [7, 11) is 1.49. The second kappa shape index (κ2) is 10.2. The van der Waals surface area contributed by atoms with Gasteiger partial charge in [0.15, 0.2) is 0 Å². The molecule has 5 heteroatoms. The van der Waals surface area contributed by atoms with E-state index in [0.717, 1.165) is 5.56 Å². The molecule has 2 aromatic carbocycles. The number of methoxy groups -OCH3 is 1. The van der Waals surface area contributed by atoms with Crippen LogP contribution in [-0.4, -0.2) is 25.7 Å². The van der Waals surface area contributed by atoms with Crippen molar-refractivity contribution in [2.45, 2.75) is 26.9 Å². The summed E-state index contributed by atoms with van der Waals surface area (Å²) in [6.45, 7) is 4.13. The lowest BCUT2D eigenvalue weighted by Crippen LogP contribution is -2.08. The Morgan fingerprint density at radius 3 is 2.37 bits per heavy atom. The van der Waals surface area contributed by atoms with Gasteiger partial charge in [-0.1, -0.05) is 43.3 Å². The highest BCUT2D eigenvalue weighted by Gasteiger charge is 2.16. The third kappa shape index (κ3) is 5.71. The van der Waals surface area contributed by atoms with Crippen molar-refractivity contribution >= 4 is 18.0 Å². The summed E-state index contributed by atoms with van der Waals surface area (Å²) in [4.78, 5) is 24.5. The van der Waals surface area contributed by atoms with Crippen LogP contribution in [0.3, 0.4) is 0 Å². The van der Waals surface area contributed by atoms with Gasteiger partial charge < -0.3 is 14.2 Å². The second-order valence-electron chi connectivity index (χ2n) is 5.77. The van der Waals surface area contributed by atoms with Gasteiger partial charge in [0.05, 0.1) is 13.7 Å². The first kappa shape index (κ1) is 20.2. The quantitative estimate of drug-likeness (QED) is 0.510. The molecular formula is C22H24O5. The summed E-state index contributed by atoms with van der Waals surface area (Å²) in [6.07, 6.45) is 2.24. The van der Waals surface area contributed by atoms with Crippen molar-refractivity contribution in [2.24, 2.45) is 0 Å². The number of carbonyl (C=O) groups is 2. The summed E-state index contributed by atoms with van der Waals surface area (Å²) >= 11 is 0. The van der Waals surface area contributed by atoms with E-state index in [-0.39, 0.29) is 12.6 Å². The number of hydrogen-bond acceptors (Lipinski definition) is 5. The van der Waals surface area contributed by atoms with E-state index in [0.29, 0.717) is 35.5 Å². The molecule has 0 heterocycles.